The molecular formula is C22H26N2O7. The van der Waals surface area contributed by atoms with Crippen molar-refractivity contribution in [2.24, 2.45) is 11.7 Å². The predicted octanol–water partition coefficient (Wildman–Crippen LogP) is -0.0551. The summed E-state index contributed by atoms with van der Waals surface area (Å²) in [5.41, 5.74) is 7.16. The van der Waals surface area contributed by atoms with E-state index < -0.39 is 29.6 Å². The van der Waals surface area contributed by atoms with Crippen molar-refractivity contribution in [2.45, 2.75) is 24.0 Å². The van der Waals surface area contributed by atoms with Gasteiger partial charge in [-0.2, -0.15) is 0 Å². The lowest BCUT2D eigenvalue weighted by molar-refractivity contribution is -0.165. The molecule has 31 heavy (non-hydrogen) atoms. The summed E-state index contributed by atoms with van der Waals surface area (Å²) < 4.78 is 0. The molecule has 2 aromatic rings. The monoisotopic (exact) mass is 430 g/mol. The Bertz CT molecular complexity index is 826. The maximum Gasteiger partial charge on any atom is 0.335 e. The predicted molar refractivity (Wildman–Crippen MR) is 111 cm³/mol. The largest absolute Gasteiger partial charge is 0.479 e. The van der Waals surface area contributed by atoms with E-state index in [1.807, 2.05) is 60.7 Å². The first kappa shape index (κ1) is 24.0. The summed E-state index contributed by atoms with van der Waals surface area (Å²) in [5.74, 6) is -3.63. The van der Waals surface area contributed by atoms with Crippen LogP contribution in [-0.2, 0) is 19.8 Å². The second kappa shape index (κ2) is 10.7. The van der Waals surface area contributed by atoms with Gasteiger partial charge in [-0.3, -0.25) is 4.79 Å². The van der Waals surface area contributed by atoms with E-state index in [-0.39, 0.29) is 11.8 Å². The molecule has 1 amide bonds. The van der Waals surface area contributed by atoms with E-state index in [1.54, 1.807) is 0 Å². The summed E-state index contributed by atoms with van der Waals surface area (Å²) in [7, 11) is 0. The number of aliphatic hydroxyl groups is 2. The van der Waals surface area contributed by atoms with Crippen LogP contribution in [0.1, 0.15) is 17.5 Å². The molecule has 9 nitrogen and oxygen atoms in total. The van der Waals surface area contributed by atoms with Gasteiger partial charge in [0.05, 0.1) is 0 Å². The van der Waals surface area contributed by atoms with Gasteiger partial charge >= 0.3 is 11.9 Å². The average molecular weight is 430 g/mol. The molecule has 0 radical (unpaired) electrons. The lowest BCUT2D eigenvalue weighted by Crippen LogP contribution is -2.49. The van der Waals surface area contributed by atoms with Crippen molar-refractivity contribution in [1.82, 2.24) is 5.32 Å². The zero-order chi connectivity index (χ0) is 23.0. The number of hydrogen-bond acceptors (Lipinski definition) is 6. The van der Waals surface area contributed by atoms with Crippen LogP contribution in [0.3, 0.4) is 0 Å². The standard InChI is InChI=1S/C18H20N2O.C4H6O6/c19-17(21)18(16-11-12-20-13-16,14-7-3-1-4-8-14)15-9-5-2-6-10-15;5-1(3(7)8)2(6)4(9)10/h1-10,16,20H,11-13H2,(H2,19,21);1-2,5-6H,(H,7,8)(H,9,10)/t;1-,2-/m.0/s1. The quantitative estimate of drug-likeness (QED) is 0.355. The molecule has 3 rings (SSSR count). The van der Waals surface area contributed by atoms with Crippen LogP contribution in [0.4, 0.5) is 0 Å². The summed E-state index contributed by atoms with van der Waals surface area (Å²) in [6.45, 7) is 1.74. The first-order valence-electron chi connectivity index (χ1n) is 9.66. The van der Waals surface area contributed by atoms with Crippen molar-refractivity contribution in [3.63, 3.8) is 0 Å². The highest BCUT2D eigenvalue weighted by atomic mass is 16.4. The maximum absolute atomic E-state index is 12.6. The second-order valence-corrected chi connectivity index (χ2v) is 7.16. The van der Waals surface area contributed by atoms with Gasteiger partial charge in [0.2, 0.25) is 5.91 Å². The number of rotatable bonds is 7. The Hall–Kier alpha value is -3.27. The summed E-state index contributed by atoms with van der Waals surface area (Å²) >= 11 is 0. The molecule has 1 unspecified atom stereocenters. The summed E-state index contributed by atoms with van der Waals surface area (Å²) in [6.07, 6.45) is -3.58. The lowest BCUT2D eigenvalue weighted by Gasteiger charge is -2.37. The number of amides is 1. The fraction of sp³-hybridized carbons (Fsp3) is 0.318. The van der Waals surface area contributed by atoms with Gasteiger partial charge in [0.1, 0.15) is 5.41 Å². The topological polar surface area (TPSA) is 170 Å². The molecule has 0 saturated carbocycles. The molecule has 0 bridgehead atoms. The smallest absolute Gasteiger partial charge is 0.335 e. The Labute approximate surface area is 179 Å². The Morgan fingerprint density at radius 2 is 1.29 bits per heavy atom. The third kappa shape index (κ3) is 5.26. The van der Waals surface area contributed by atoms with Crippen LogP contribution in [0, 0.1) is 5.92 Å². The second-order valence-electron chi connectivity index (χ2n) is 7.16. The lowest BCUT2D eigenvalue weighted by atomic mass is 9.65. The van der Waals surface area contributed by atoms with Gasteiger partial charge < -0.3 is 31.5 Å². The Morgan fingerprint density at radius 1 is 0.871 bits per heavy atom. The van der Waals surface area contributed by atoms with Crippen LogP contribution in [0.5, 0.6) is 0 Å². The van der Waals surface area contributed by atoms with E-state index in [1.165, 1.54) is 0 Å². The molecule has 0 aliphatic carbocycles. The maximum atomic E-state index is 12.6. The van der Waals surface area contributed by atoms with Crippen molar-refractivity contribution in [2.75, 3.05) is 13.1 Å². The van der Waals surface area contributed by atoms with Crippen LogP contribution >= 0.6 is 0 Å². The van der Waals surface area contributed by atoms with E-state index in [2.05, 4.69) is 5.32 Å². The van der Waals surface area contributed by atoms with Crippen LogP contribution in [0.2, 0.25) is 0 Å². The number of hydrogen-bond donors (Lipinski definition) is 6. The van der Waals surface area contributed by atoms with Crippen molar-refractivity contribution >= 4 is 17.8 Å². The third-order valence-corrected chi connectivity index (χ3v) is 5.32. The number of carbonyl (C=O) groups excluding carboxylic acids is 1. The van der Waals surface area contributed by atoms with Gasteiger partial charge in [0.25, 0.3) is 0 Å². The Balaban J connectivity index is 0.000000291. The summed E-state index contributed by atoms with van der Waals surface area (Å²) in [4.78, 5) is 32.1. The minimum atomic E-state index is -2.27. The number of carboxylic acids is 2. The highest BCUT2D eigenvalue weighted by Crippen LogP contribution is 2.41. The van der Waals surface area contributed by atoms with E-state index in [0.29, 0.717) is 0 Å². The molecule has 3 atom stereocenters. The van der Waals surface area contributed by atoms with E-state index >= 15 is 0 Å². The molecule has 1 heterocycles. The number of nitrogens with one attached hydrogen (secondary N) is 1. The fourth-order valence-electron chi connectivity index (χ4n) is 3.82. The van der Waals surface area contributed by atoms with E-state index in [4.69, 9.17) is 26.2 Å². The SMILES string of the molecule is NC(=O)C(c1ccccc1)(c1ccccc1)C1CCNC1.O=C(O)[C@@H](O)[C@H](O)C(=O)O. The van der Waals surface area contributed by atoms with Crippen LogP contribution in [0.15, 0.2) is 60.7 Å². The van der Waals surface area contributed by atoms with Crippen molar-refractivity contribution in [1.29, 1.82) is 0 Å². The summed E-state index contributed by atoms with van der Waals surface area (Å²) in [6, 6.07) is 19.9. The average Bonchev–Trinajstić information content (AvgIpc) is 3.30. The first-order valence-corrected chi connectivity index (χ1v) is 9.66. The molecule has 0 spiro atoms. The number of carboxylic acid groups (broad SMARTS) is 2. The molecule has 1 aliphatic heterocycles. The van der Waals surface area contributed by atoms with Crippen LogP contribution < -0.4 is 11.1 Å². The number of nitrogens with two attached hydrogens (primary N) is 1. The normalized spacial score (nSPS) is 17.7. The van der Waals surface area contributed by atoms with Gasteiger partial charge in [-0.25, -0.2) is 9.59 Å². The minimum Gasteiger partial charge on any atom is -0.479 e. The van der Waals surface area contributed by atoms with Crippen molar-refractivity contribution in [3.05, 3.63) is 71.8 Å². The molecule has 2 aromatic carbocycles. The van der Waals surface area contributed by atoms with Crippen LogP contribution in [0.25, 0.3) is 0 Å². The molecule has 1 saturated heterocycles. The van der Waals surface area contributed by atoms with Gasteiger partial charge in [0.15, 0.2) is 12.2 Å². The highest BCUT2D eigenvalue weighted by Gasteiger charge is 2.48. The van der Waals surface area contributed by atoms with E-state index in [9.17, 15) is 14.4 Å². The van der Waals surface area contributed by atoms with Gasteiger partial charge in [-0.15, -0.1) is 0 Å². The molecule has 7 N–H and O–H groups in total. The number of aliphatic hydroxyl groups excluding tert-OH is 2. The third-order valence-electron chi connectivity index (χ3n) is 5.32. The molecule has 9 heteroatoms. The first-order chi connectivity index (χ1) is 14.7. The highest BCUT2D eigenvalue weighted by molar-refractivity contribution is 5.91. The fourth-order valence-corrected chi connectivity index (χ4v) is 3.82. The molecule has 1 fully saturated rings. The van der Waals surface area contributed by atoms with Crippen molar-refractivity contribution < 1.29 is 34.8 Å². The minimum absolute atomic E-state index is 0.180. The Kier molecular flexibility index (Phi) is 8.26. The van der Waals surface area contributed by atoms with Gasteiger partial charge in [-0.1, -0.05) is 60.7 Å². The van der Waals surface area contributed by atoms with E-state index in [0.717, 1.165) is 30.6 Å². The summed E-state index contributed by atoms with van der Waals surface area (Å²) in [5, 5.41) is 35.9. The van der Waals surface area contributed by atoms with Crippen molar-refractivity contribution in [3.8, 4) is 0 Å². The Morgan fingerprint density at radius 3 is 1.58 bits per heavy atom. The molecule has 166 valence electrons. The number of primary amides is 1. The van der Waals surface area contributed by atoms with Gasteiger partial charge in [-0.05, 0) is 36.6 Å². The molecule has 1 aliphatic rings. The van der Waals surface area contributed by atoms with Gasteiger partial charge in [0, 0.05) is 0 Å². The number of carbonyl (C=O) groups is 3. The van der Waals surface area contributed by atoms with Crippen LogP contribution in [-0.4, -0.2) is 63.6 Å². The molecular weight excluding hydrogens is 404 g/mol. The zero-order valence-corrected chi connectivity index (χ0v) is 16.7. The number of aliphatic carboxylic acids is 2. The molecule has 0 aromatic heterocycles. The zero-order valence-electron chi connectivity index (χ0n) is 16.7. The number of benzene rings is 2.